The molecule has 1 aromatic heterocycles. The first-order chi connectivity index (χ1) is 10.1. The molecule has 0 saturated heterocycles. The molecular formula is C15H16N2O2S2. The molecule has 0 aliphatic carbocycles. The number of rotatable bonds is 5. The van der Waals surface area contributed by atoms with E-state index in [2.05, 4.69) is 10.9 Å². The van der Waals surface area contributed by atoms with Gasteiger partial charge in [0.05, 0.1) is 12.2 Å². The third kappa shape index (κ3) is 5.61. The van der Waals surface area contributed by atoms with Gasteiger partial charge in [0, 0.05) is 9.77 Å². The van der Waals surface area contributed by atoms with Crippen molar-refractivity contribution in [1.82, 2.24) is 10.9 Å². The van der Waals surface area contributed by atoms with Crippen molar-refractivity contribution in [3.05, 3.63) is 52.2 Å². The molecule has 0 saturated carbocycles. The summed E-state index contributed by atoms with van der Waals surface area (Å²) in [7, 11) is 0. The van der Waals surface area contributed by atoms with Crippen molar-refractivity contribution in [2.75, 3.05) is 5.75 Å². The summed E-state index contributed by atoms with van der Waals surface area (Å²) in [6.07, 6.45) is 0.281. The molecule has 21 heavy (non-hydrogen) atoms. The van der Waals surface area contributed by atoms with Gasteiger partial charge in [0.1, 0.15) is 0 Å². The number of amides is 2. The molecular weight excluding hydrogens is 304 g/mol. The van der Waals surface area contributed by atoms with Crippen LogP contribution in [0.4, 0.5) is 0 Å². The lowest BCUT2D eigenvalue weighted by Crippen LogP contribution is -2.43. The summed E-state index contributed by atoms with van der Waals surface area (Å²) in [5.41, 5.74) is 6.03. The third-order valence-electron chi connectivity index (χ3n) is 2.65. The quantitative estimate of drug-likeness (QED) is 0.657. The minimum Gasteiger partial charge on any atom is -0.273 e. The largest absolute Gasteiger partial charge is 0.273 e. The van der Waals surface area contributed by atoms with Gasteiger partial charge in [-0.2, -0.15) is 0 Å². The molecule has 0 radical (unpaired) electrons. The van der Waals surface area contributed by atoms with E-state index in [9.17, 15) is 9.59 Å². The molecule has 0 aliphatic rings. The maximum absolute atomic E-state index is 11.6. The zero-order chi connectivity index (χ0) is 15.1. The summed E-state index contributed by atoms with van der Waals surface area (Å²) in [4.78, 5) is 25.2. The Morgan fingerprint density at radius 3 is 2.48 bits per heavy atom. The van der Waals surface area contributed by atoms with Gasteiger partial charge in [0.25, 0.3) is 0 Å². The summed E-state index contributed by atoms with van der Waals surface area (Å²) in [5, 5.41) is 1.92. The molecule has 4 nitrogen and oxygen atoms in total. The third-order valence-corrected chi connectivity index (χ3v) is 4.54. The Morgan fingerprint density at radius 2 is 1.81 bits per heavy atom. The monoisotopic (exact) mass is 320 g/mol. The Balaban J connectivity index is 1.67. The maximum atomic E-state index is 11.6. The molecule has 0 spiro atoms. The SMILES string of the molecule is Cc1ccc(SCC(=O)NNC(=O)Cc2cccs2)cc1. The van der Waals surface area contributed by atoms with Crippen LogP contribution >= 0.6 is 23.1 Å². The molecule has 0 bridgehead atoms. The summed E-state index contributed by atoms with van der Waals surface area (Å²) in [6, 6.07) is 11.7. The molecule has 2 amide bonds. The highest BCUT2D eigenvalue weighted by molar-refractivity contribution is 8.00. The molecule has 0 unspecified atom stereocenters. The molecule has 0 atom stereocenters. The highest BCUT2D eigenvalue weighted by Gasteiger charge is 2.07. The number of hydrogen-bond acceptors (Lipinski definition) is 4. The molecule has 6 heteroatoms. The molecule has 2 N–H and O–H groups in total. The van der Waals surface area contributed by atoms with Gasteiger partial charge in [-0.15, -0.1) is 23.1 Å². The van der Waals surface area contributed by atoms with E-state index in [-0.39, 0.29) is 24.0 Å². The summed E-state index contributed by atoms with van der Waals surface area (Å²) in [6.45, 7) is 2.02. The van der Waals surface area contributed by atoms with E-state index in [4.69, 9.17) is 0 Å². The second-order valence-electron chi connectivity index (χ2n) is 4.45. The smallest absolute Gasteiger partial charge is 0.248 e. The summed E-state index contributed by atoms with van der Waals surface area (Å²) >= 11 is 2.95. The number of nitrogens with one attached hydrogen (secondary N) is 2. The van der Waals surface area contributed by atoms with Gasteiger partial charge in [0.15, 0.2) is 0 Å². The zero-order valence-electron chi connectivity index (χ0n) is 11.6. The average molecular weight is 320 g/mol. The summed E-state index contributed by atoms with van der Waals surface area (Å²) in [5.74, 6) is -0.172. The van der Waals surface area contributed by atoms with Crippen LogP contribution in [0.15, 0.2) is 46.7 Å². The van der Waals surface area contributed by atoms with Crippen LogP contribution in [0.25, 0.3) is 0 Å². The van der Waals surface area contributed by atoms with Crippen molar-refractivity contribution in [2.45, 2.75) is 18.2 Å². The van der Waals surface area contributed by atoms with Crippen LogP contribution in [0.1, 0.15) is 10.4 Å². The maximum Gasteiger partial charge on any atom is 0.248 e. The van der Waals surface area contributed by atoms with Crippen LogP contribution in [-0.2, 0) is 16.0 Å². The second kappa shape index (κ2) is 7.85. The fourth-order valence-corrected chi connectivity index (χ4v) is 2.98. The predicted molar refractivity (Wildman–Crippen MR) is 86.2 cm³/mol. The first-order valence-corrected chi connectivity index (χ1v) is 8.29. The minimum absolute atomic E-state index is 0.217. The lowest BCUT2D eigenvalue weighted by Gasteiger charge is -2.06. The van der Waals surface area contributed by atoms with Gasteiger partial charge >= 0.3 is 0 Å². The minimum atomic E-state index is -0.222. The van der Waals surface area contributed by atoms with Crippen molar-refractivity contribution in [1.29, 1.82) is 0 Å². The van der Waals surface area contributed by atoms with Crippen molar-refractivity contribution in [3.63, 3.8) is 0 Å². The lowest BCUT2D eigenvalue weighted by molar-refractivity contribution is -0.127. The van der Waals surface area contributed by atoms with Crippen LogP contribution in [-0.4, -0.2) is 17.6 Å². The van der Waals surface area contributed by atoms with E-state index in [0.29, 0.717) is 0 Å². The number of hydrogen-bond donors (Lipinski definition) is 2. The Hall–Kier alpha value is -1.79. The standard InChI is InChI=1S/C15H16N2O2S2/c1-11-4-6-12(7-5-11)21-10-15(19)17-16-14(18)9-13-3-2-8-20-13/h2-8H,9-10H2,1H3,(H,16,18)(H,17,19). The van der Waals surface area contributed by atoms with E-state index in [1.807, 2.05) is 48.7 Å². The van der Waals surface area contributed by atoms with Gasteiger partial charge in [-0.05, 0) is 30.5 Å². The van der Waals surface area contributed by atoms with Crippen LogP contribution in [0.2, 0.25) is 0 Å². The van der Waals surface area contributed by atoms with Crippen molar-refractivity contribution in [3.8, 4) is 0 Å². The number of thioether (sulfide) groups is 1. The molecule has 2 rings (SSSR count). The number of hydrazine groups is 1. The number of thiophene rings is 1. The topological polar surface area (TPSA) is 58.2 Å². The Bertz CT molecular complexity index is 595. The molecule has 2 aromatic rings. The first kappa shape index (κ1) is 15.6. The fourth-order valence-electron chi connectivity index (χ4n) is 1.57. The average Bonchev–Trinajstić information content (AvgIpc) is 2.97. The van der Waals surface area contributed by atoms with Gasteiger partial charge in [-0.3, -0.25) is 20.4 Å². The molecule has 0 aliphatic heterocycles. The van der Waals surface area contributed by atoms with Crippen LogP contribution in [0.5, 0.6) is 0 Å². The van der Waals surface area contributed by atoms with Gasteiger partial charge < -0.3 is 0 Å². The number of aryl methyl sites for hydroxylation is 1. The van der Waals surface area contributed by atoms with Crippen molar-refractivity contribution < 1.29 is 9.59 Å². The molecule has 110 valence electrons. The highest BCUT2D eigenvalue weighted by Crippen LogP contribution is 2.17. The second-order valence-corrected chi connectivity index (χ2v) is 6.54. The molecule has 0 fully saturated rings. The Labute approximate surface area is 131 Å². The zero-order valence-corrected chi connectivity index (χ0v) is 13.2. The summed E-state index contributed by atoms with van der Waals surface area (Å²) < 4.78 is 0. The van der Waals surface area contributed by atoms with Crippen LogP contribution in [0, 0.1) is 6.92 Å². The van der Waals surface area contributed by atoms with Gasteiger partial charge in [0.2, 0.25) is 11.8 Å². The van der Waals surface area contributed by atoms with E-state index in [0.717, 1.165) is 9.77 Å². The van der Waals surface area contributed by atoms with Crippen molar-refractivity contribution in [2.24, 2.45) is 0 Å². The van der Waals surface area contributed by atoms with E-state index in [1.54, 1.807) is 0 Å². The van der Waals surface area contributed by atoms with E-state index < -0.39 is 0 Å². The van der Waals surface area contributed by atoms with Crippen molar-refractivity contribution >= 4 is 34.9 Å². The molecule has 1 heterocycles. The Morgan fingerprint density at radius 1 is 1.10 bits per heavy atom. The van der Waals surface area contributed by atoms with Gasteiger partial charge in [-0.1, -0.05) is 23.8 Å². The number of carbonyl (C=O) groups is 2. The Kier molecular flexibility index (Phi) is 5.83. The lowest BCUT2D eigenvalue weighted by atomic mass is 10.2. The van der Waals surface area contributed by atoms with E-state index in [1.165, 1.54) is 28.7 Å². The predicted octanol–water partition coefficient (Wildman–Crippen LogP) is 2.54. The molecule has 1 aromatic carbocycles. The normalized spacial score (nSPS) is 10.1. The van der Waals surface area contributed by atoms with Crippen LogP contribution in [0.3, 0.4) is 0 Å². The van der Waals surface area contributed by atoms with Crippen LogP contribution < -0.4 is 10.9 Å². The highest BCUT2D eigenvalue weighted by atomic mass is 32.2. The van der Waals surface area contributed by atoms with E-state index >= 15 is 0 Å². The number of carbonyl (C=O) groups excluding carboxylic acids is 2. The van der Waals surface area contributed by atoms with Gasteiger partial charge in [-0.25, -0.2) is 0 Å². The first-order valence-electron chi connectivity index (χ1n) is 6.43. The fraction of sp³-hybridized carbons (Fsp3) is 0.200. The number of benzene rings is 1.